The molecule has 0 heterocycles. The van der Waals surface area contributed by atoms with Gasteiger partial charge in [-0.05, 0) is 26.0 Å². The van der Waals surface area contributed by atoms with Crippen molar-refractivity contribution in [3.05, 3.63) is 47.5 Å². The van der Waals surface area contributed by atoms with Crippen LogP contribution in [0.2, 0.25) is 0 Å². The maximum Gasteiger partial charge on any atom is 0.330 e. The fourth-order valence-corrected chi connectivity index (χ4v) is 1.19. The Labute approximate surface area is 103 Å². The monoisotopic (exact) mass is 235 g/mol. The smallest absolute Gasteiger partial charge is 0.330 e. The maximum absolute atomic E-state index is 10.0. The molecule has 94 valence electrons. The first-order valence-electron chi connectivity index (χ1n) is 5.70. The summed E-state index contributed by atoms with van der Waals surface area (Å²) in [5, 5.41) is 11.3. The first kappa shape index (κ1) is 15.4. The van der Waals surface area contributed by atoms with Crippen LogP contribution in [-0.2, 0) is 11.3 Å². The molecule has 0 fully saturated rings. The van der Waals surface area contributed by atoms with E-state index in [1.54, 1.807) is 13.0 Å². The lowest BCUT2D eigenvalue weighted by Gasteiger charge is -1.95. The lowest BCUT2D eigenvalue weighted by Crippen LogP contribution is -2.04. The van der Waals surface area contributed by atoms with Gasteiger partial charge in [-0.25, -0.2) is 4.79 Å². The molecule has 0 unspecified atom stereocenters. The Balaban J connectivity index is 0.000000304. The van der Waals surface area contributed by atoms with Gasteiger partial charge in [-0.2, -0.15) is 0 Å². The van der Waals surface area contributed by atoms with Crippen LogP contribution >= 0.6 is 0 Å². The van der Waals surface area contributed by atoms with E-state index >= 15 is 0 Å². The number of rotatable bonds is 4. The molecule has 0 radical (unpaired) electrons. The number of aliphatic carboxylic acids is 1. The molecule has 0 spiro atoms. The van der Waals surface area contributed by atoms with E-state index in [0.717, 1.165) is 13.0 Å². The number of benzene rings is 1. The van der Waals surface area contributed by atoms with Crippen LogP contribution in [0.15, 0.2) is 42.0 Å². The normalized spacial score (nSPS) is 10.4. The number of hydrogen-bond acceptors (Lipinski definition) is 2. The third kappa shape index (κ3) is 8.22. The molecule has 2 N–H and O–H groups in total. The lowest BCUT2D eigenvalue weighted by molar-refractivity contribution is -0.132. The summed E-state index contributed by atoms with van der Waals surface area (Å²) in [6, 6.07) is 10.3. The molecule has 3 nitrogen and oxygen atoms in total. The quantitative estimate of drug-likeness (QED) is 0.789. The third-order valence-corrected chi connectivity index (χ3v) is 2.07. The molecule has 3 heteroatoms. The van der Waals surface area contributed by atoms with E-state index in [0.29, 0.717) is 5.57 Å². The molecule has 0 aliphatic heterocycles. The van der Waals surface area contributed by atoms with Crippen LogP contribution in [0.3, 0.4) is 0 Å². The van der Waals surface area contributed by atoms with Crippen LogP contribution in [0.5, 0.6) is 0 Å². The van der Waals surface area contributed by atoms with Crippen molar-refractivity contribution in [2.75, 3.05) is 7.05 Å². The second-order valence-electron chi connectivity index (χ2n) is 3.62. The number of carboxylic acids is 1. The second kappa shape index (κ2) is 9.60. The van der Waals surface area contributed by atoms with Crippen molar-refractivity contribution < 1.29 is 9.90 Å². The van der Waals surface area contributed by atoms with Crippen molar-refractivity contribution >= 4 is 5.97 Å². The number of nitrogens with one attached hydrogen (secondary N) is 1. The van der Waals surface area contributed by atoms with Crippen molar-refractivity contribution in [3.8, 4) is 0 Å². The minimum Gasteiger partial charge on any atom is -0.478 e. The largest absolute Gasteiger partial charge is 0.478 e. The third-order valence-electron chi connectivity index (χ3n) is 2.07. The van der Waals surface area contributed by atoms with Crippen LogP contribution in [0.4, 0.5) is 0 Å². The molecule has 1 rings (SSSR count). The standard InChI is InChI=1S/C8H11N.C6H10O2/c1-9-7-8-5-3-2-4-6-8;1-3-4-5(2)6(7)8/h2-6,9H,7H2,1H3;4H,3H2,1-2H3,(H,7,8). The van der Waals surface area contributed by atoms with Gasteiger partial charge in [-0.1, -0.05) is 43.3 Å². The van der Waals surface area contributed by atoms with Gasteiger partial charge in [-0.15, -0.1) is 0 Å². The molecule has 0 bridgehead atoms. The molecular formula is C14H21NO2. The Morgan fingerprint density at radius 2 is 1.94 bits per heavy atom. The van der Waals surface area contributed by atoms with Gasteiger partial charge in [0.2, 0.25) is 0 Å². The summed E-state index contributed by atoms with van der Waals surface area (Å²) in [6.45, 7) is 4.46. The Kier molecular flexibility index (Phi) is 8.69. The van der Waals surface area contributed by atoms with E-state index in [1.807, 2.05) is 32.2 Å². The second-order valence-corrected chi connectivity index (χ2v) is 3.62. The summed E-state index contributed by atoms with van der Waals surface area (Å²) < 4.78 is 0. The lowest BCUT2D eigenvalue weighted by atomic mass is 10.2. The van der Waals surface area contributed by atoms with Crippen LogP contribution < -0.4 is 5.32 Å². The molecule has 1 aromatic rings. The van der Waals surface area contributed by atoms with Gasteiger partial charge in [-0.3, -0.25) is 0 Å². The SMILES string of the molecule is CCC=C(C)C(=O)O.CNCc1ccccc1. The van der Waals surface area contributed by atoms with Crippen LogP contribution in [0.25, 0.3) is 0 Å². The summed E-state index contributed by atoms with van der Waals surface area (Å²) in [4.78, 5) is 10.0. The number of hydrogen-bond donors (Lipinski definition) is 2. The Bertz CT molecular complexity index is 344. The molecule has 0 saturated carbocycles. The van der Waals surface area contributed by atoms with Gasteiger partial charge in [0.05, 0.1) is 0 Å². The highest BCUT2D eigenvalue weighted by Gasteiger charge is 1.95. The van der Waals surface area contributed by atoms with Crippen molar-refractivity contribution in [2.24, 2.45) is 0 Å². The summed E-state index contributed by atoms with van der Waals surface area (Å²) in [5.41, 5.74) is 1.76. The highest BCUT2D eigenvalue weighted by molar-refractivity contribution is 5.85. The fraction of sp³-hybridized carbons (Fsp3) is 0.357. The molecule has 0 aromatic heterocycles. The zero-order valence-corrected chi connectivity index (χ0v) is 10.7. The van der Waals surface area contributed by atoms with Crippen molar-refractivity contribution in [1.82, 2.24) is 5.32 Å². The van der Waals surface area contributed by atoms with Gasteiger partial charge in [0.1, 0.15) is 0 Å². The van der Waals surface area contributed by atoms with E-state index in [1.165, 1.54) is 5.56 Å². The van der Waals surface area contributed by atoms with Crippen LogP contribution in [-0.4, -0.2) is 18.1 Å². The van der Waals surface area contributed by atoms with Gasteiger partial charge in [0, 0.05) is 12.1 Å². The first-order chi connectivity index (χ1) is 8.11. The van der Waals surface area contributed by atoms with Crippen molar-refractivity contribution in [3.63, 3.8) is 0 Å². The van der Waals surface area contributed by atoms with Crippen LogP contribution in [0.1, 0.15) is 25.8 Å². The highest BCUT2D eigenvalue weighted by atomic mass is 16.4. The van der Waals surface area contributed by atoms with Crippen molar-refractivity contribution in [2.45, 2.75) is 26.8 Å². The van der Waals surface area contributed by atoms with E-state index in [9.17, 15) is 4.79 Å². The zero-order valence-electron chi connectivity index (χ0n) is 10.7. The molecule has 0 aliphatic rings. The van der Waals surface area contributed by atoms with E-state index in [-0.39, 0.29) is 0 Å². The zero-order chi connectivity index (χ0) is 13.1. The van der Waals surface area contributed by atoms with Crippen molar-refractivity contribution in [1.29, 1.82) is 0 Å². The number of allylic oxidation sites excluding steroid dienone is 1. The Morgan fingerprint density at radius 3 is 2.29 bits per heavy atom. The molecule has 1 aromatic carbocycles. The van der Waals surface area contributed by atoms with Gasteiger partial charge < -0.3 is 10.4 Å². The maximum atomic E-state index is 10.0. The highest BCUT2D eigenvalue weighted by Crippen LogP contribution is 1.95. The molecular weight excluding hydrogens is 214 g/mol. The molecule has 0 amide bonds. The first-order valence-corrected chi connectivity index (χ1v) is 5.70. The Morgan fingerprint density at radius 1 is 1.35 bits per heavy atom. The summed E-state index contributed by atoms with van der Waals surface area (Å²) in [6.07, 6.45) is 2.47. The van der Waals surface area contributed by atoms with Gasteiger partial charge in [0.15, 0.2) is 0 Å². The van der Waals surface area contributed by atoms with Gasteiger partial charge in [0.25, 0.3) is 0 Å². The van der Waals surface area contributed by atoms with Gasteiger partial charge >= 0.3 is 5.97 Å². The predicted molar refractivity (Wildman–Crippen MR) is 70.9 cm³/mol. The molecule has 0 saturated heterocycles. The topological polar surface area (TPSA) is 49.3 Å². The average Bonchev–Trinajstić information content (AvgIpc) is 2.32. The minimum atomic E-state index is -0.827. The molecule has 0 aliphatic carbocycles. The summed E-state index contributed by atoms with van der Waals surface area (Å²) in [5.74, 6) is -0.827. The molecule has 0 atom stereocenters. The van der Waals surface area contributed by atoms with E-state index in [2.05, 4.69) is 17.4 Å². The number of carboxylic acid groups (broad SMARTS) is 1. The van der Waals surface area contributed by atoms with E-state index < -0.39 is 5.97 Å². The number of carbonyl (C=O) groups is 1. The predicted octanol–water partition coefficient (Wildman–Crippen LogP) is 2.83. The average molecular weight is 235 g/mol. The van der Waals surface area contributed by atoms with Crippen LogP contribution in [0, 0.1) is 0 Å². The minimum absolute atomic E-state index is 0.424. The summed E-state index contributed by atoms with van der Waals surface area (Å²) in [7, 11) is 1.95. The fourth-order valence-electron chi connectivity index (χ4n) is 1.19. The Hall–Kier alpha value is -1.61. The molecule has 17 heavy (non-hydrogen) atoms. The summed E-state index contributed by atoms with van der Waals surface area (Å²) >= 11 is 0. The van der Waals surface area contributed by atoms with E-state index in [4.69, 9.17) is 5.11 Å².